The van der Waals surface area contributed by atoms with Crippen molar-refractivity contribution in [3.8, 4) is 0 Å². The molecule has 2 fully saturated rings. The molecule has 0 heterocycles. The van der Waals surface area contributed by atoms with Crippen molar-refractivity contribution in [1.29, 1.82) is 0 Å². The molecule has 0 aliphatic heterocycles. The van der Waals surface area contributed by atoms with E-state index in [1.807, 2.05) is 0 Å². The Balaban J connectivity index is 2.17. The van der Waals surface area contributed by atoms with Crippen LogP contribution in [0, 0.1) is 23.7 Å². The zero-order chi connectivity index (χ0) is 17.4. The second kappa shape index (κ2) is 6.61. The lowest BCUT2D eigenvalue weighted by Crippen LogP contribution is -2.55. The van der Waals surface area contributed by atoms with Crippen LogP contribution in [-0.2, 0) is 9.53 Å². The van der Waals surface area contributed by atoms with Crippen LogP contribution in [0.4, 0.5) is 13.2 Å². The molecule has 0 aromatic heterocycles. The monoisotopic (exact) mass is 336 g/mol. The first-order chi connectivity index (χ1) is 10.6. The molecule has 0 aromatic rings. The highest BCUT2D eigenvalue weighted by molar-refractivity contribution is 5.71. The first-order valence-electron chi connectivity index (χ1n) is 8.55. The van der Waals surface area contributed by atoms with Gasteiger partial charge in [-0.25, -0.2) is 0 Å². The van der Waals surface area contributed by atoms with Gasteiger partial charge in [0, 0.05) is 0 Å². The number of esters is 1. The number of halogens is 3. The minimum atomic E-state index is -4.64. The molecule has 0 aromatic carbocycles. The SMILES string of the molecule is CC(C)C(=O)OC1CCCC2C1CCCC2C(C)(O)C(F)(F)F. The van der Waals surface area contributed by atoms with Gasteiger partial charge < -0.3 is 9.84 Å². The van der Waals surface area contributed by atoms with E-state index >= 15 is 0 Å². The summed E-state index contributed by atoms with van der Waals surface area (Å²) in [5.74, 6) is -1.66. The quantitative estimate of drug-likeness (QED) is 0.790. The van der Waals surface area contributed by atoms with Crippen molar-refractivity contribution in [2.45, 2.75) is 77.2 Å². The lowest BCUT2D eigenvalue weighted by molar-refractivity contribution is -0.286. The van der Waals surface area contributed by atoms with Crippen LogP contribution in [-0.4, -0.2) is 29.0 Å². The molecule has 5 unspecified atom stereocenters. The van der Waals surface area contributed by atoms with Crippen LogP contribution in [0.2, 0.25) is 0 Å². The zero-order valence-corrected chi connectivity index (χ0v) is 14.0. The summed E-state index contributed by atoms with van der Waals surface area (Å²) in [6.07, 6.45) is -1.06. The van der Waals surface area contributed by atoms with E-state index in [2.05, 4.69) is 0 Å². The summed E-state index contributed by atoms with van der Waals surface area (Å²) < 4.78 is 45.3. The molecule has 1 N–H and O–H groups in total. The highest BCUT2D eigenvalue weighted by Crippen LogP contribution is 2.52. The molecular weight excluding hydrogens is 309 g/mol. The van der Waals surface area contributed by atoms with E-state index in [0.717, 1.165) is 19.8 Å². The Bertz CT molecular complexity index is 431. The smallest absolute Gasteiger partial charge is 0.417 e. The number of ether oxygens (including phenoxy) is 1. The maximum atomic E-state index is 13.3. The lowest BCUT2D eigenvalue weighted by Gasteiger charge is -2.49. The molecule has 23 heavy (non-hydrogen) atoms. The molecule has 0 amide bonds. The van der Waals surface area contributed by atoms with Crippen LogP contribution < -0.4 is 0 Å². The number of hydrogen-bond acceptors (Lipinski definition) is 3. The average molecular weight is 336 g/mol. The molecule has 0 bridgehead atoms. The van der Waals surface area contributed by atoms with Gasteiger partial charge in [0.2, 0.25) is 0 Å². The topological polar surface area (TPSA) is 46.5 Å². The van der Waals surface area contributed by atoms with Gasteiger partial charge in [0.15, 0.2) is 5.60 Å². The summed E-state index contributed by atoms with van der Waals surface area (Å²) in [6, 6.07) is 0. The van der Waals surface area contributed by atoms with Gasteiger partial charge in [-0.2, -0.15) is 13.2 Å². The standard InChI is InChI=1S/C17H27F3O3/c1-10(2)15(21)23-14-9-5-6-11-12(14)7-4-8-13(11)16(3,22)17(18,19)20/h10-14,22H,4-9H2,1-3H3. The second-order valence-corrected chi connectivity index (χ2v) is 7.57. The Kier molecular flexibility index (Phi) is 5.34. The molecule has 134 valence electrons. The largest absolute Gasteiger partial charge is 0.462 e. The van der Waals surface area contributed by atoms with Gasteiger partial charge in [0.25, 0.3) is 0 Å². The van der Waals surface area contributed by atoms with Gasteiger partial charge in [-0.05, 0) is 56.8 Å². The van der Waals surface area contributed by atoms with Crippen LogP contribution in [0.3, 0.4) is 0 Å². The molecule has 2 saturated carbocycles. The summed E-state index contributed by atoms with van der Waals surface area (Å²) in [5, 5.41) is 10.1. The van der Waals surface area contributed by atoms with E-state index in [9.17, 15) is 23.1 Å². The van der Waals surface area contributed by atoms with Gasteiger partial charge in [-0.1, -0.05) is 20.3 Å². The Morgan fingerprint density at radius 3 is 2.22 bits per heavy atom. The number of fused-ring (bicyclic) bond motifs is 1. The van der Waals surface area contributed by atoms with Gasteiger partial charge in [0.1, 0.15) is 6.10 Å². The minimum Gasteiger partial charge on any atom is -0.462 e. The number of rotatable bonds is 3. The zero-order valence-electron chi connectivity index (χ0n) is 14.0. The first kappa shape index (κ1) is 18.6. The summed E-state index contributed by atoms with van der Waals surface area (Å²) in [5.41, 5.74) is -2.68. The third-order valence-electron chi connectivity index (χ3n) is 5.66. The predicted molar refractivity (Wildman–Crippen MR) is 79.6 cm³/mol. The molecule has 2 rings (SSSR count). The summed E-state index contributed by atoms with van der Waals surface area (Å²) >= 11 is 0. The van der Waals surface area contributed by atoms with Gasteiger partial charge in [-0.15, -0.1) is 0 Å². The van der Waals surface area contributed by atoms with Crippen molar-refractivity contribution in [3.05, 3.63) is 0 Å². The number of carbonyl (C=O) groups is 1. The third-order valence-corrected chi connectivity index (χ3v) is 5.66. The fraction of sp³-hybridized carbons (Fsp3) is 0.941. The molecule has 5 atom stereocenters. The lowest BCUT2D eigenvalue weighted by atomic mass is 9.60. The van der Waals surface area contributed by atoms with Crippen molar-refractivity contribution in [2.24, 2.45) is 23.7 Å². The van der Waals surface area contributed by atoms with Crippen molar-refractivity contribution in [2.75, 3.05) is 0 Å². The van der Waals surface area contributed by atoms with E-state index in [1.54, 1.807) is 13.8 Å². The van der Waals surface area contributed by atoms with Crippen LogP contribution in [0.1, 0.15) is 59.3 Å². The Morgan fingerprint density at radius 1 is 1.09 bits per heavy atom. The van der Waals surface area contributed by atoms with Crippen molar-refractivity contribution < 1.29 is 27.8 Å². The first-order valence-corrected chi connectivity index (χ1v) is 8.55. The van der Waals surface area contributed by atoms with Crippen LogP contribution >= 0.6 is 0 Å². The molecule has 0 spiro atoms. The summed E-state index contributed by atoms with van der Waals surface area (Å²) in [6.45, 7) is 4.39. The van der Waals surface area contributed by atoms with Gasteiger partial charge in [0.05, 0.1) is 5.92 Å². The number of hydrogen-bond donors (Lipinski definition) is 1. The molecule has 3 nitrogen and oxygen atoms in total. The Hall–Kier alpha value is -0.780. The highest BCUT2D eigenvalue weighted by atomic mass is 19.4. The predicted octanol–water partition coefficient (Wildman–Crippen LogP) is 4.08. The van der Waals surface area contributed by atoms with Crippen LogP contribution in [0.5, 0.6) is 0 Å². The van der Waals surface area contributed by atoms with E-state index in [4.69, 9.17) is 4.74 Å². The minimum absolute atomic E-state index is 0.0703. The summed E-state index contributed by atoms with van der Waals surface area (Å²) in [7, 11) is 0. The molecule has 0 radical (unpaired) electrons. The third kappa shape index (κ3) is 3.67. The fourth-order valence-corrected chi connectivity index (χ4v) is 4.29. The number of carbonyl (C=O) groups excluding carboxylic acids is 1. The van der Waals surface area contributed by atoms with Gasteiger partial charge >= 0.3 is 12.1 Å². The highest BCUT2D eigenvalue weighted by Gasteiger charge is 2.59. The second-order valence-electron chi connectivity index (χ2n) is 7.57. The number of alkyl halides is 3. The normalized spacial score (nSPS) is 34.6. The van der Waals surface area contributed by atoms with Crippen molar-refractivity contribution in [1.82, 2.24) is 0 Å². The van der Waals surface area contributed by atoms with Crippen LogP contribution in [0.15, 0.2) is 0 Å². The van der Waals surface area contributed by atoms with E-state index in [1.165, 1.54) is 0 Å². The average Bonchev–Trinajstić information content (AvgIpc) is 2.45. The Morgan fingerprint density at radius 2 is 1.65 bits per heavy atom. The molecule has 6 heteroatoms. The molecule has 2 aliphatic carbocycles. The Labute approximate surface area is 135 Å². The number of aliphatic hydroxyl groups is 1. The maximum Gasteiger partial charge on any atom is 0.417 e. The fourth-order valence-electron chi connectivity index (χ4n) is 4.29. The van der Waals surface area contributed by atoms with E-state index < -0.39 is 17.7 Å². The maximum absolute atomic E-state index is 13.3. The van der Waals surface area contributed by atoms with Crippen LogP contribution in [0.25, 0.3) is 0 Å². The van der Waals surface area contributed by atoms with E-state index in [0.29, 0.717) is 25.7 Å². The summed E-state index contributed by atoms with van der Waals surface area (Å²) in [4.78, 5) is 11.9. The molecule has 0 saturated heterocycles. The molecular formula is C17H27F3O3. The molecule has 2 aliphatic rings. The van der Waals surface area contributed by atoms with Crippen molar-refractivity contribution in [3.63, 3.8) is 0 Å². The van der Waals surface area contributed by atoms with Gasteiger partial charge in [-0.3, -0.25) is 4.79 Å². The van der Waals surface area contributed by atoms with E-state index in [-0.39, 0.29) is 29.8 Å². The van der Waals surface area contributed by atoms with Crippen molar-refractivity contribution >= 4 is 5.97 Å².